The third kappa shape index (κ3) is 5.44. The highest BCUT2D eigenvalue weighted by atomic mass is 16.4. The molecule has 2 amide bonds. The standard InChI is InChI=1S/C15H20N6O4/c1-11-2-5-19-21(11)10-13(22)16-7-8-17-15(25)12-3-6-18-20(12)9-4-14(23)24/h2-3,5-6H,4,7-10H2,1H3,(H,16,22)(H,17,25)(H,23,24). The van der Waals surface area contributed by atoms with Crippen LogP contribution >= 0.6 is 0 Å². The van der Waals surface area contributed by atoms with E-state index < -0.39 is 5.97 Å². The van der Waals surface area contributed by atoms with Crippen LogP contribution in [0.2, 0.25) is 0 Å². The molecule has 0 saturated carbocycles. The molecule has 0 aliphatic rings. The van der Waals surface area contributed by atoms with Crippen LogP contribution in [-0.4, -0.2) is 55.5 Å². The average molecular weight is 348 g/mol. The zero-order chi connectivity index (χ0) is 18.2. The van der Waals surface area contributed by atoms with Gasteiger partial charge in [-0.2, -0.15) is 10.2 Å². The number of hydrogen-bond acceptors (Lipinski definition) is 5. The number of nitrogens with zero attached hydrogens (tertiary/aromatic N) is 4. The van der Waals surface area contributed by atoms with Crippen LogP contribution in [0.3, 0.4) is 0 Å². The van der Waals surface area contributed by atoms with Crippen molar-refractivity contribution < 1.29 is 19.5 Å². The van der Waals surface area contributed by atoms with Crippen molar-refractivity contribution >= 4 is 17.8 Å². The van der Waals surface area contributed by atoms with Crippen LogP contribution in [0.15, 0.2) is 24.5 Å². The third-order valence-corrected chi connectivity index (χ3v) is 3.44. The highest BCUT2D eigenvalue weighted by Crippen LogP contribution is 2.00. The fraction of sp³-hybridized carbons (Fsp3) is 0.400. The van der Waals surface area contributed by atoms with E-state index in [4.69, 9.17) is 5.11 Å². The number of aromatic nitrogens is 4. The summed E-state index contributed by atoms with van der Waals surface area (Å²) in [6.45, 7) is 2.61. The van der Waals surface area contributed by atoms with Crippen molar-refractivity contribution in [2.75, 3.05) is 13.1 Å². The number of aryl methyl sites for hydroxylation is 2. The molecule has 0 aromatic carbocycles. The minimum absolute atomic E-state index is 0.116. The largest absolute Gasteiger partial charge is 0.481 e. The first-order chi connectivity index (χ1) is 12.0. The molecule has 3 N–H and O–H groups in total. The minimum atomic E-state index is -0.961. The molecule has 0 aliphatic carbocycles. The zero-order valence-corrected chi connectivity index (χ0v) is 13.8. The lowest BCUT2D eigenvalue weighted by Gasteiger charge is -2.09. The van der Waals surface area contributed by atoms with Crippen molar-refractivity contribution in [3.05, 3.63) is 35.9 Å². The zero-order valence-electron chi connectivity index (χ0n) is 13.8. The van der Waals surface area contributed by atoms with Gasteiger partial charge in [-0.3, -0.25) is 23.7 Å². The summed E-state index contributed by atoms with van der Waals surface area (Å²) in [5, 5.41) is 22.0. The molecule has 2 heterocycles. The molecule has 0 radical (unpaired) electrons. The van der Waals surface area contributed by atoms with Gasteiger partial charge in [-0.05, 0) is 19.1 Å². The Bertz CT molecular complexity index is 751. The molecule has 0 unspecified atom stereocenters. The second-order valence-corrected chi connectivity index (χ2v) is 5.32. The summed E-state index contributed by atoms with van der Waals surface area (Å²) < 4.78 is 2.91. The van der Waals surface area contributed by atoms with E-state index in [1.165, 1.54) is 16.9 Å². The van der Waals surface area contributed by atoms with Gasteiger partial charge in [0.15, 0.2) is 0 Å². The molecule has 2 aromatic rings. The number of amides is 2. The minimum Gasteiger partial charge on any atom is -0.481 e. The van der Waals surface area contributed by atoms with Crippen molar-refractivity contribution in [1.82, 2.24) is 30.2 Å². The molecule has 134 valence electrons. The number of aliphatic carboxylic acids is 1. The van der Waals surface area contributed by atoms with E-state index in [1.807, 2.05) is 6.92 Å². The maximum atomic E-state index is 12.1. The van der Waals surface area contributed by atoms with Crippen LogP contribution in [0.4, 0.5) is 0 Å². The predicted molar refractivity (Wildman–Crippen MR) is 86.8 cm³/mol. The molecule has 2 aromatic heterocycles. The van der Waals surface area contributed by atoms with Crippen molar-refractivity contribution in [2.24, 2.45) is 0 Å². The monoisotopic (exact) mass is 348 g/mol. The molecule has 0 spiro atoms. The topological polar surface area (TPSA) is 131 Å². The Morgan fingerprint density at radius 2 is 1.76 bits per heavy atom. The molecule has 10 nitrogen and oxygen atoms in total. The van der Waals surface area contributed by atoms with E-state index in [1.54, 1.807) is 16.9 Å². The van der Waals surface area contributed by atoms with Gasteiger partial charge in [0, 0.05) is 31.2 Å². The predicted octanol–water partition coefficient (Wildman–Crippen LogP) is -0.591. The van der Waals surface area contributed by atoms with Gasteiger partial charge in [-0.25, -0.2) is 0 Å². The number of carbonyl (C=O) groups is 3. The Morgan fingerprint density at radius 1 is 1.08 bits per heavy atom. The third-order valence-electron chi connectivity index (χ3n) is 3.44. The maximum absolute atomic E-state index is 12.1. The maximum Gasteiger partial charge on any atom is 0.305 e. The second-order valence-electron chi connectivity index (χ2n) is 5.32. The SMILES string of the molecule is Cc1ccnn1CC(=O)NCCNC(=O)c1ccnn1CCC(=O)O. The number of rotatable bonds is 9. The van der Waals surface area contributed by atoms with E-state index in [0.717, 1.165) is 5.69 Å². The van der Waals surface area contributed by atoms with E-state index in [0.29, 0.717) is 0 Å². The summed E-state index contributed by atoms with van der Waals surface area (Å²) in [5.74, 6) is -1.54. The molecule has 0 atom stereocenters. The number of hydrogen-bond donors (Lipinski definition) is 3. The molecule has 25 heavy (non-hydrogen) atoms. The van der Waals surface area contributed by atoms with Crippen molar-refractivity contribution in [3.8, 4) is 0 Å². The summed E-state index contributed by atoms with van der Waals surface area (Å²) >= 11 is 0. The summed E-state index contributed by atoms with van der Waals surface area (Å²) in [6, 6.07) is 3.32. The van der Waals surface area contributed by atoms with Gasteiger partial charge in [0.05, 0.1) is 13.0 Å². The lowest BCUT2D eigenvalue weighted by Crippen LogP contribution is -2.37. The molecule has 0 saturated heterocycles. The van der Waals surface area contributed by atoms with E-state index in [9.17, 15) is 14.4 Å². The first-order valence-corrected chi connectivity index (χ1v) is 7.74. The summed E-state index contributed by atoms with van der Waals surface area (Å²) in [6.07, 6.45) is 2.94. The summed E-state index contributed by atoms with van der Waals surface area (Å²) in [5.41, 5.74) is 1.16. The van der Waals surface area contributed by atoms with Gasteiger partial charge < -0.3 is 15.7 Å². The Balaban J connectivity index is 1.72. The van der Waals surface area contributed by atoms with Gasteiger partial charge in [0.2, 0.25) is 5.91 Å². The van der Waals surface area contributed by atoms with Crippen molar-refractivity contribution in [2.45, 2.75) is 26.4 Å². The summed E-state index contributed by atoms with van der Waals surface area (Å²) in [7, 11) is 0. The van der Waals surface area contributed by atoms with E-state index in [-0.39, 0.29) is 50.1 Å². The van der Waals surface area contributed by atoms with Gasteiger partial charge in [-0.15, -0.1) is 0 Å². The van der Waals surface area contributed by atoms with E-state index >= 15 is 0 Å². The molecular formula is C15H20N6O4. The number of carbonyl (C=O) groups excluding carboxylic acids is 2. The van der Waals surface area contributed by atoms with Crippen molar-refractivity contribution in [3.63, 3.8) is 0 Å². The lowest BCUT2D eigenvalue weighted by molar-refractivity contribution is -0.137. The highest BCUT2D eigenvalue weighted by molar-refractivity contribution is 5.92. The highest BCUT2D eigenvalue weighted by Gasteiger charge is 2.12. The van der Waals surface area contributed by atoms with Crippen LogP contribution in [0.25, 0.3) is 0 Å². The second kappa shape index (κ2) is 8.62. The van der Waals surface area contributed by atoms with Gasteiger partial charge in [-0.1, -0.05) is 0 Å². The van der Waals surface area contributed by atoms with Gasteiger partial charge in [0.1, 0.15) is 12.2 Å². The fourth-order valence-electron chi connectivity index (χ4n) is 2.13. The van der Waals surface area contributed by atoms with Crippen LogP contribution < -0.4 is 10.6 Å². The quantitative estimate of drug-likeness (QED) is 0.519. The number of nitrogens with one attached hydrogen (secondary N) is 2. The summed E-state index contributed by atoms with van der Waals surface area (Å²) in [4.78, 5) is 34.5. The van der Waals surface area contributed by atoms with E-state index in [2.05, 4.69) is 20.8 Å². The Kier molecular flexibility index (Phi) is 6.26. The lowest BCUT2D eigenvalue weighted by atomic mass is 10.3. The Morgan fingerprint density at radius 3 is 2.44 bits per heavy atom. The first kappa shape index (κ1) is 18.2. The fourth-order valence-corrected chi connectivity index (χ4v) is 2.13. The van der Waals surface area contributed by atoms with Gasteiger partial charge >= 0.3 is 5.97 Å². The number of carboxylic acid groups (broad SMARTS) is 1. The number of carboxylic acids is 1. The van der Waals surface area contributed by atoms with Crippen LogP contribution in [-0.2, 0) is 22.7 Å². The van der Waals surface area contributed by atoms with Crippen molar-refractivity contribution in [1.29, 1.82) is 0 Å². The molecular weight excluding hydrogens is 328 g/mol. The van der Waals surface area contributed by atoms with Crippen LogP contribution in [0, 0.1) is 6.92 Å². The average Bonchev–Trinajstić information content (AvgIpc) is 3.19. The normalized spacial score (nSPS) is 10.4. The first-order valence-electron chi connectivity index (χ1n) is 7.74. The molecule has 10 heteroatoms. The smallest absolute Gasteiger partial charge is 0.305 e. The Hall–Kier alpha value is -3.17. The Labute approximate surface area is 143 Å². The van der Waals surface area contributed by atoms with Gasteiger partial charge in [0.25, 0.3) is 5.91 Å². The van der Waals surface area contributed by atoms with Crippen LogP contribution in [0.5, 0.6) is 0 Å². The molecule has 2 rings (SSSR count). The van der Waals surface area contributed by atoms with Crippen LogP contribution in [0.1, 0.15) is 22.6 Å². The molecule has 0 aliphatic heterocycles. The molecule has 0 bridgehead atoms. The molecule has 0 fully saturated rings.